The van der Waals surface area contributed by atoms with Gasteiger partial charge in [-0.1, -0.05) is 35.3 Å². The Kier molecular flexibility index (Phi) is 6.99. The van der Waals surface area contributed by atoms with Gasteiger partial charge in [-0.05, 0) is 42.9 Å². The normalized spacial score (nSPS) is 11.0. The first-order valence-electron chi connectivity index (χ1n) is 7.30. The summed E-state index contributed by atoms with van der Waals surface area (Å²) >= 11 is 11.8. The van der Waals surface area contributed by atoms with E-state index < -0.39 is 6.61 Å². The number of rotatable bonds is 7. The van der Waals surface area contributed by atoms with Gasteiger partial charge in [0, 0.05) is 17.3 Å². The first kappa shape index (κ1) is 19.4. The number of nitrogens with zero attached hydrogens (tertiary/aromatic N) is 1. The molecule has 0 aliphatic rings. The van der Waals surface area contributed by atoms with Gasteiger partial charge in [0.25, 0.3) is 0 Å². The van der Waals surface area contributed by atoms with E-state index in [0.29, 0.717) is 17.3 Å². The van der Waals surface area contributed by atoms with Gasteiger partial charge in [-0.3, -0.25) is 9.69 Å². The Balaban J connectivity index is 1.90. The quantitative estimate of drug-likeness (QED) is 0.749. The maximum absolute atomic E-state index is 12.2. The van der Waals surface area contributed by atoms with Crippen LogP contribution in [-0.4, -0.2) is 31.0 Å². The molecule has 0 aromatic heterocycles. The molecule has 0 atom stereocenters. The summed E-state index contributed by atoms with van der Waals surface area (Å²) in [6.07, 6.45) is 0. The number of likely N-dealkylation sites (N-methyl/N-ethyl adjacent to an activating group) is 1. The Hall–Kier alpha value is -1.89. The van der Waals surface area contributed by atoms with Crippen LogP contribution in [0.25, 0.3) is 0 Å². The van der Waals surface area contributed by atoms with Gasteiger partial charge >= 0.3 is 6.61 Å². The maximum Gasteiger partial charge on any atom is 0.387 e. The standard InChI is InChI=1S/C17H16Cl2F2N2O2/c1-23(9-11-3-2-4-12(18)7-11)10-16(24)22-13-5-6-15(14(19)8-13)25-17(20)21/h2-8,17H,9-10H2,1H3,(H,22,24). The molecule has 0 aliphatic carbocycles. The van der Waals surface area contributed by atoms with E-state index in [1.54, 1.807) is 13.1 Å². The smallest absolute Gasteiger partial charge is 0.387 e. The van der Waals surface area contributed by atoms with Crippen LogP contribution in [0.15, 0.2) is 42.5 Å². The predicted molar refractivity (Wildman–Crippen MR) is 94.5 cm³/mol. The van der Waals surface area contributed by atoms with E-state index in [1.807, 2.05) is 23.1 Å². The van der Waals surface area contributed by atoms with Crippen LogP contribution in [0.4, 0.5) is 14.5 Å². The summed E-state index contributed by atoms with van der Waals surface area (Å²) in [7, 11) is 1.80. The third-order valence-electron chi connectivity index (χ3n) is 3.19. The van der Waals surface area contributed by atoms with E-state index in [1.165, 1.54) is 18.2 Å². The van der Waals surface area contributed by atoms with Crippen molar-refractivity contribution in [1.29, 1.82) is 0 Å². The molecule has 2 aromatic rings. The van der Waals surface area contributed by atoms with Gasteiger partial charge in [0.2, 0.25) is 5.91 Å². The summed E-state index contributed by atoms with van der Waals surface area (Å²) in [6.45, 7) is -2.27. The second kappa shape index (κ2) is 8.99. The van der Waals surface area contributed by atoms with Crippen molar-refractivity contribution >= 4 is 34.8 Å². The Bertz CT molecular complexity index is 744. The molecule has 25 heavy (non-hydrogen) atoms. The van der Waals surface area contributed by atoms with Crippen molar-refractivity contribution in [2.45, 2.75) is 13.2 Å². The van der Waals surface area contributed by atoms with Crippen molar-refractivity contribution in [1.82, 2.24) is 4.90 Å². The molecule has 0 saturated heterocycles. The molecule has 4 nitrogen and oxygen atoms in total. The van der Waals surface area contributed by atoms with Gasteiger partial charge in [-0.15, -0.1) is 0 Å². The summed E-state index contributed by atoms with van der Waals surface area (Å²) in [6, 6.07) is 11.4. The molecular formula is C17H16Cl2F2N2O2. The fourth-order valence-corrected chi connectivity index (χ4v) is 2.66. The van der Waals surface area contributed by atoms with Crippen LogP contribution in [-0.2, 0) is 11.3 Å². The van der Waals surface area contributed by atoms with Crippen LogP contribution in [0.2, 0.25) is 10.0 Å². The van der Waals surface area contributed by atoms with Crippen molar-refractivity contribution in [2.75, 3.05) is 18.9 Å². The lowest BCUT2D eigenvalue weighted by Crippen LogP contribution is -2.29. The van der Waals surface area contributed by atoms with Crippen LogP contribution in [0.5, 0.6) is 5.75 Å². The van der Waals surface area contributed by atoms with Crippen LogP contribution in [0, 0.1) is 0 Å². The second-order valence-corrected chi connectivity index (χ2v) is 6.22. The first-order valence-corrected chi connectivity index (χ1v) is 8.06. The van der Waals surface area contributed by atoms with Crippen molar-refractivity contribution in [2.24, 2.45) is 0 Å². The van der Waals surface area contributed by atoms with Gasteiger partial charge in [0.1, 0.15) is 5.75 Å². The minimum absolute atomic E-state index is 0.00891. The summed E-state index contributed by atoms with van der Waals surface area (Å²) in [5, 5.41) is 3.28. The van der Waals surface area contributed by atoms with Gasteiger partial charge in [0.05, 0.1) is 11.6 Å². The zero-order valence-corrected chi connectivity index (χ0v) is 14.8. The molecule has 0 radical (unpaired) electrons. The lowest BCUT2D eigenvalue weighted by atomic mass is 10.2. The van der Waals surface area contributed by atoms with Gasteiger partial charge in [-0.2, -0.15) is 8.78 Å². The van der Waals surface area contributed by atoms with Gasteiger partial charge in [0.15, 0.2) is 0 Å². The molecule has 134 valence electrons. The average molecular weight is 389 g/mol. The lowest BCUT2D eigenvalue weighted by Gasteiger charge is -2.17. The number of halogens is 4. The van der Waals surface area contributed by atoms with Crippen LogP contribution in [0.3, 0.4) is 0 Å². The first-order chi connectivity index (χ1) is 11.8. The van der Waals surface area contributed by atoms with E-state index in [0.717, 1.165) is 5.56 Å². The third-order valence-corrected chi connectivity index (χ3v) is 3.72. The van der Waals surface area contributed by atoms with E-state index in [-0.39, 0.29) is 23.2 Å². The van der Waals surface area contributed by atoms with Crippen molar-refractivity contribution in [3.8, 4) is 5.75 Å². The minimum Gasteiger partial charge on any atom is -0.433 e. The molecule has 0 spiro atoms. The number of carbonyl (C=O) groups excluding carboxylic acids is 1. The average Bonchev–Trinajstić information content (AvgIpc) is 2.49. The van der Waals surface area contributed by atoms with Crippen LogP contribution < -0.4 is 10.1 Å². The van der Waals surface area contributed by atoms with Crippen molar-refractivity contribution in [3.05, 3.63) is 58.1 Å². The minimum atomic E-state index is -2.96. The molecule has 0 aliphatic heterocycles. The molecule has 0 heterocycles. The summed E-state index contributed by atoms with van der Waals surface area (Å²) in [5.74, 6) is -0.407. The summed E-state index contributed by atoms with van der Waals surface area (Å²) in [4.78, 5) is 13.9. The number of nitrogens with one attached hydrogen (secondary N) is 1. The number of amides is 1. The molecule has 0 fully saturated rings. The number of alkyl halides is 2. The molecule has 8 heteroatoms. The predicted octanol–water partition coefficient (Wildman–Crippen LogP) is 4.67. The fraction of sp³-hybridized carbons (Fsp3) is 0.235. The van der Waals surface area contributed by atoms with E-state index in [9.17, 15) is 13.6 Å². The molecule has 0 bridgehead atoms. The van der Waals surface area contributed by atoms with Crippen molar-refractivity contribution < 1.29 is 18.3 Å². The zero-order chi connectivity index (χ0) is 18.4. The highest BCUT2D eigenvalue weighted by Crippen LogP contribution is 2.28. The molecular weight excluding hydrogens is 373 g/mol. The molecule has 0 unspecified atom stereocenters. The molecule has 1 amide bonds. The molecule has 0 saturated carbocycles. The topological polar surface area (TPSA) is 41.6 Å². The Labute approximate surface area is 154 Å². The fourth-order valence-electron chi connectivity index (χ4n) is 2.22. The highest BCUT2D eigenvalue weighted by Gasteiger charge is 2.11. The summed E-state index contributed by atoms with van der Waals surface area (Å²) in [5.41, 5.74) is 1.38. The molecule has 2 rings (SSSR count). The highest BCUT2D eigenvalue weighted by atomic mass is 35.5. The number of carbonyl (C=O) groups is 1. The maximum atomic E-state index is 12.2. The highest BCUT2D eigenvalue weighted by molar-refractivity contribution is 6.32. The Morgan fingerprint density at radius 1 is 1.24 bits per heavy atom. The number of hydrogen-bond donors (Lipinski definition) is 1. The third kappa shape index (κ3) is 6.49. The SMILES string of the molecule is CN(CC(=O)Nc1ccc(OC(F)F)c(Cl)c1)Cc1cccc(Cl)c1. The van der Waals surface area contributed by atoms with Crippen LogP contribution in [0.1, 0.15) is 5.56 Å². The van der Waals surface area contributed by atoms with E-state index in [4.69, 9.17) is 23.2 Å². The number of benzene rings is 2. The zero-order valence-electron chi connectivity index (χ0n) is 13.3. The molecule has 1 N–H and O–H groups in total. The lowest BCUT2D eigenvalue weighted by molar-refractivity contribution is -0.117. The Morgan fingerprint density at radius 2 is 2.00 bits per heavy atom. The Morgan fingerprint density at radius 3 is 2.64 bits per heavy atom. The van der Waals surface area contributed by atoms with Crippen molar-refractivity contribution in [3.63, 3.8) is 0 Å². The monoisotopic (exact) mass is 388 g/mol. The number of anilines is 1. The van der Waals surface area contributed by atoms with Gasteiger partial charge < -0.3 is 10.1 Å². The van der Waals surface area contributed by atoms with E-state index >= 15 is 0 Å². The number of ether oxygens (including phenoxy) is 1. The number of hydrogen-bond acceptors (Lipinski definition) is 3. The van der Waals surface area contributed by atoms with Gasteiger partial charge in [-0.25, -0.2) is 0 Å². The largest absolute Gasteiger partial charge is 0.433 e. The van der Waals surface area contributed by atoms with E-state index in [2.05, 4.69) is 10.1 Å². The van der Waals surface area contributed by atoms with Crippen LogP contribution >= 0.6 is 23.2 Å². The summed E-state index contributed by atoms with van der Waals surface area (Å²) < 4.78 is 28.6. The second-order valence-electron chi connectivity index (χ2n) is 5.37. The molecule has 2 aromatic carbocycles.